The first-order valence-corrected chi connectivity index (χ1v) is 9.48. The van der Waals surface area contributed by atoms with Gasteiger partial charge in [-0.2, -0.15) is 4.39 Å². The Labute approximate surface area is 152 Å². The van der Waals surface area contributed by atoms with Crippen molar-refractivity contribution >= 4 is 34.7 Å². The van der Waals surface area contributed by atoms with Gasteiger partial charge in [0.25, 0.3) is 0 Å². The summed E-state index contributed by atoms with van der Waals surface area (Å²) in [5.41, 5.74) is 13.1. The van der Waals surface area contributed by atoms with Gasteiger partial charge in [0, 0.05) is 34.5 Å². The summed E-state index contributed by atoms with van der Waals surface area (Å²) in [7, 11) is 0. The second kappa shape index (κ2) is 7.75. The van der Waals surface area contributed by atoms with Crippen LogP contribution in [0.15, 0.2) is 29.6 Å². The lowest BCUT2D eigenvalue weighted by Gasteiger charge is -2.03. The van der Waals surface area contributed by atoms with E-state index in [0.717, 1.165) is 29.1 Å². The molecule has 0 radical (unpaired) electrons. The first kappa shape index (κ1) is 17.6. The van der Waals surface area contributed by atoms with Gasteiger partial charge >= 0.3 is 0 Å². The molecule has 0 bridgehead atoms. The van der Waals surface area contributed by atoms with Crippen molar-refractivity contribution in [3.05, 3.63) is 40.9 Å². The zero-order valence-corrected chi connectivity index (χ0v) is 15.2. The normalized spacial score (nSPS) is 11.0. The van der Waals surface area contributed by atoms with Crippen LogP contribution in [-0.4, -0.2) is 19.9 Å². The number of hydrogen-bond acceptors (Lipinski definition) is 8. The Morgan fingerprint density at radius 2 is 1.92 bits per heavy atom. The van der Waals surface area contributed by atoms with Gasteiger partial charge in [0.15, 0.2) is 5.16 Å². The fourth-order valence-corrected chi connectivity index (χ4v) is 4.35. The number of thioether (sulfide) groups is 1. The first-order chi connectivity index (χ1) is 12.0. The maximum absolute atomic E-state index is 13.4. The predicted octanol–water partition coefficient (Wildman–Crippen LogP) is 3.54. The molecule has 0 saturated carbocycles. The highest BCUT2D eigenvalue weighted by Gasteiger charge is 2.14. The Morgan fingerprint density at radius 1 is 1.16 bits per heavy atom. The van der Waals surface area contributed by atoms with E-state index in [0.29, 0.717) is 22.5 Å². The minimum absolute atomic E-state index is 0.343. The molecule has 0 amide bonds. The van der Waals surface area contributed by atoms with Gasteiger partial charge < -0.3 is 11.5 Å². The van der Waals surface area contributed by atoms with E-state index in [1.54, 1.807) is 17.4 Å². The topological polar surface area (TPSA) is 104 Å². The molecule has 0 spiro atoms. The number of thiazole rings is 1. The molecule has 3 heterocycles. The zero-order chi connectivity index (χ0) is 17.8. The third kappa shape index (κ3) is 4.43. The van der Waals surface area contributed by atoms with E-state index in [-0.39, 0.29) is 0 Å². The van der Waals surface area contributed by atoms with Gasteiger partial charge in [0.05, 0.1) is 5.69 Å². The minimum Gasteiger partial charge on any atom is -0.383 e. The summed E-state index contributed by atoms with van der Waals surface area (Å²) in [6.45, 7) is 2.12. The second-order valence-electron chi connectivity index (χ2n) is 5.30. The van der Waals surface area contributed by atoms with Gasteiger partial charge in [-0.3, -0.25) is 0 Å². The maximum atomic E-state index is 13.4. The highest BCUT2D eigenvalue weighted by Crippen LogP contribution is 2.32. The quantitative estimate of drug-likeness (QED) is 0.385. The van der Waals surface area contributed by atoms with Crippen LogP contribution in [0.3, 0.4) is 0 Å². The Kier molecular flexibility index (Phi) is 5.44. The van der Waals surface area contributed by atoms with E-state index in [9.17, 15) is 4.39 Å². The van der Waals surface area contributed by atoms with Gasteiger partial charge in [0.2, 0.25) is 5.95 Å². The van der Waals surface area contributed by atoms with Crippen molar-refractivity contribution < 1.29 is 4.39 Å². The third-order valence-corrected chi connectivity index (χ3v) is 5.38. The number of anilines is 2. The molecule has 25 heavy (non-hydrogen) atoms. The molecule has 6 nitrogen and oxygen atoms in total. The molecular formula is C16H17FN6S2. The second-order valence-corrected chi connectivity index (χ2v) is 7.32. The number of halogens is 1. The lowest BCUT2D eigenvalue weighted by Crippen LogP contribution is -1.99. The molecule has 9 heteroatoms. The number of hydrogen-bond donors (Lipinski definition) is 2. The van der Waals surface area contributed by atoms with E-state index in [4.69, 9.17) is 11.5 Å². The van der Waals surface area contributed by atoms with Gasteiger partial charge in [-0.1, -0.05) is 25.1 Å². The van der Waals surface area contributed by atoms with Crippen LogP contribution >= 0.6 is 23.1 Å². The molecule has 0 fully saturated rings. The summed E-state index contributed by atoms with van der Waals surface area (Å²) in [6, 6.07) is 4.68. The molecule has 0 saturated heterocycles. The van der Waals surface area contributed by atoms with Gasteiger partial charge in [-0.05, 0) is 12.5 Å². The first-order valence-electron chi connectivity index (χ1n) is 7.68. The highest BCUT2D eigenvalue weighted by molar-refractivity contribution is 7.98. The van der Waals surface area contributed by atoms with Crippen molar-refractivity contribution in [2.75, 3.05) is 11.5 Å². The maximum Gasteiger partial charge on any atom is 0.213 e. The number of pyridine rings is 1. The number of nitrogen functional groups attached to an aromatic ring is 2. The molecule has 3 aromatic rings. The Balaban J connectivity index is 1.84. The van der Waals surface area contributed by atoms with Crippen molar-refractivity contribution in [1.29, 1.82) is 0 Å². The van der Waals surface area contributed by atoms with Crippen LogP contribution in [0.25, 0.3) is 10.6 Å². The number of aryl methyl sites for hydroxylation is 1. The molecular weight excluding hydrogens is 359 g/mol. The van der Waals surface area contributed by atoms with E-state index in [1.165, 1.54) is 35.0 Å². The fraction of sp³-hybridized carbons (Fsp3) is 0.250. The smallest absolute Gasteiger partial charge is 0.213 e. The average Bonchev–Trinajstić information content (AvgIpc) is 2.96. The van der Waals surface area contributed by atoms with Crippen LogP contribution in [0.2, 0.25) is 0 Å². The van der Waals surface area contributed by atoms with Crippen LogP contribution in [0.4, 0.5) is 16.0 Å². The summed E-state index contributed by atoms with van der Waals surface area (Å²) in [4.78, 5) is 17.8. The molecule has 0 atom stereocenters. The number of nitrogens with two attached hydrogens (primary N) is 2. The lowest BCUT2D eigenvalue weighted by atomic mass is 10.2. The van der Waals surface area contributed by atoms with Crippen molar-refractivity contribution in [2.24, 2.45) is 0 Å². The fourth-order valence-electron chi connectivity index (χ4n) is 2.24. The summed E-state index contributed by atoms with van der Waals surface area (Å²) in [5.74, 6) is 0.775. The third-order valence-electron chi connectivity index (χ3n) is 3.31. The van der Waals surface area contributed by atoms with Crippen molar-refractivity contribution in [1.82, 2.24) is 19.9 Å². The monoisotopic (exact) mass is 376 g/mol. The van der Waals surface area contributed by atoms with Crippen LogP contribution in [-0.2, 0) is 12.2 Å². The molecule has 0 aromatic carbocycles. The van der Waals surface area contributed by atoms with Crippen molar-refractivity contribution in [3.63, 3.8) is 0 Å². The lowest BCUT2D eigenvalue weighted by molar-refractivity contribution is 0.584. The zero-order valence-electron chi connectivity index (χ0n) is 13.6. The van der Waals surface area contributed by atoms with E-state index < -0.39 is 5.95 Å². The molecule has 130 valence electrons. The molecule has 0 aliphatic rings. The van der Waals surface area contributed by atoms with Gasteiger partial charge in [-0.15, -0.1) is 11.3 Å². The van der Waals surface area contributed by atoms with Crippen molar-refractivity contribution in [3.8, 4) is 10.6 Å². The van der Waals surface area contributed by atoms with E-state index in [2.05, 4.69) is 26.9 Å². The number of nitrogens with zero attached hydrogens (tertiary/aromatic N) is 4. The van der Waals surface area contributed by atoms with Crippen LogP contribution < -0.4 is 11.5 Å². The summed E-state index contributed by atoms with van der Waals surface area (Å²) >= 11 is 3.01. The SMILES string of the molecule is CCCc1sc(-c2ccnc(F)c2)nc1CSc1nc(N)cc(N)n1. The van der Waals surface area contributed by atoms with Crippen LogP contribution in [0, 0.1) is 5.95 Å². The Hall–Kier alpha value is -2.26. The van der Waals surface area contributed by atoms with E-state index >= 15 is 0 Å². The Morgan fingerprint density at radius 3 is 2.60 bits per heavy atom. The molecule has 4 N–H and O–H groups in total. The molecule has 0 aliphatic heterocycles. The minimum atomic E-state index is -0.510. The molecule has 3 rings (SSSR count). The molecule has 0 unspecified atom stereocenters. The molecule has 3 aromatic heterocycles. The number of rotatable bonds is 6. The van der Waals surface area contributed by atoms with Gasteiger partial charge in [0.1, 0.15) is 16.6 Å². The summed E-state index contributed by atoms with van der Waals surface area (Å²) in [5, 5.41) is 1.30. The standard InChI is InChI=1S/C16H17FN6S2/c1-2-3-11-10(8-24-16-22-13(18)7-14(19)23-16)21-15(25-11)9-4-5-20-12(17)6-9/h4-7H,2-3,8H2,1H3,(H4,18,19,22,23). The largest absolute Gasteiger partial charge is 0.383 e. The van der Waals surface area contributed by atoms with Gasteiger partial charge in [-0.25, -0.2) is 19.9 Å². The van der Waals surface area contributed by atoms with Crippen LogP contribution in [0.5, 0.6) is 0 Å². The predicted molar refractivity (Wildman–Crippen MR) is 99.7 cm³/mol. The Bertz CT molecular complexity index is 863. The summed E-state index contributed by atoms with van der Waals surface area (Å²) in [6.07, 6.45) is 3.37. The van der Waals surface area contributed by atoms with E-state index in [1.807, 2.05) is 0 Å². The average molecular weight is 376 g/mol. The van der Waals surface area contributed by atoms with Crippen LogP contribution in [0.1, 0.15) is 23.9 Å². The highest BCUT2D eigenvalue weighted by atomic mass is 32.2. The van der Waals surface area contributed by atoms with Crippen molar-refractivity contribution in [2.45, 2.75) is 30.7 Å². The molecule has 0 aliphatic carbocycles. The summed E-state index contributed by atoms with van der Waals surface area (Å²) < 4.78 is 13.4. The number of aromatic nitrogens is 4.